The number of nitrogens with one attached hydrogen (secondary N) is 1. The molecule has 1 heterocycles. The second kappa shape index (κ2) is 7.96. The van der Waals surface area contributed by atoms with Crippen LogP contribution in [0.5, 0.6) is 0 Å². The van der Waals surface area contributed by atoms with E-state index in [2.05, 4.69) is 5.32 Å². The highest BCUT2D eigenvalue weighted by atomic mass is 35.5. The first kappa shape index (κ1) is 19.2. The Morgan fingerprint density at radius 1 is 1.08 bits per heavy atom. The fraction of sp³-hybridized carbons (Fsp3) is 0.278. The Kier molecular flexibility index (Phi) is 5.87. The maximum atomic E-state index is 12.7. The summed E-state index contributed by atoms with van der Waals surface area (Å²) in [4.78, 5) is 12.4. The van der Waals surface area contributed by atoms with Crippen molar-refractivity contribution in [3.8, 4) is 0 Å². The number of benzene rings is 2. The summed E-state index contributed by atoms with van der Waals surface area (Å²) in [5.41, 5.74) is 1.10. The number of nitrogens with zero attached hydrogens (tertiary/aromatic N) is 1. The Labute approximate surface area is 163 Å². The van der Waals surface area contributed by atoms with Gasteiger partial charge in [-0.15, -0.1) is 0 Å². The zero-order chi connectivity index (χ0) is 18.7. The summed E-state index contributed by atoms with van der Waals surface area (Å²) < 4.78 is 26.9. The molecule has 2 aromatic carbocycles. The lowest BCUT2D eigenvalue weighted by Crippen LogP contribution is -2.29. The number of hydrogen-bond donors (Lipinski definition) is 1. The van der Waals surface area contributed by atoms with Crippen LogP contribution in [-0.4, -0.2) is 31.7 Å². The number of sulfonamides is 1. The largest absolute Gasteiger partial charge is 0.348 e. The molecule has 1 fully saturated rings. The van der Waals surface area contributed by atoms with Gasteiger partial charge in [0, 0.05) is 30.2 Å². The van der Waals surface area contributed by atoms with Crippen molar-refractivity contribution in [3.05, 3.63) is 63.6 Å². The Hall–Kier alpha value is -1.60. The Balaban J connectivity index is 1.79. The molecule has 5 nitrogen and oxygen atoms in total. The van der Waals surface area contributed by atoms with Crippen molar-refractivity contribution in [2.24, 2.45) is 0 Å². The molecule has 0 spiro atoms. The number of halogens is 2. The van der Waals surface area contributed by atoms with Crippen LogP contribution in [0.1, 0.15) is 28.8 Å². The second-order valence-electron chi connectivity index (χ2n) is 6.07. The van der Waals surface area contributed by atoms with Crippen molar-refractivity contribution in [1.29, 1.82) is 0 Å². The van der Waals surface area contributed by atoms with Crippen LogP contribution in [0.15, 0.2) is 47.4 Å². The van der Waals surface area contributed by atoms with E-state index in [9.17, 15) is 13.2 Å². The van der Waals surface area contributed by atoms with E-state index >= 15 is 0 Å². The highest BCUT2D eigenvalue weighted by Crippen LogP contribution is 2.28. The number of rotatable bonds is 5. The molecule has 26 heavy (non-hydrogen) atoms. The molecule has 0 radical (unpaired) electrons. The minimum absolute atomic E-state index is 0.0310. The molecule has 1 saturated heterocycles. The summed E-state index contributed by atoms with van der Waals surface area (Å²) in [6.07, 6.45) is 1.66. The molecule has 3 rings (SSSR count). The molecule has 1 N–H and O–H groups in total. The SMILES string of the molecule is O=C(NCc1cccc(Cl)c1)c1ccc(Cl)c(S(=O)(=O)N2CCCC2)c1. The zero-order valence-electron chi connectivity index (χ0n) is 13.9. The van der Waals surface area contributed by atoms with E-state index in [1.165, 1.54) is 22.5 Å². The van der Waals surface area contributed by atoms with Gasteiger partial charge in [0.15, 0.2) is 0 Å². The fourth-order valence-corrected chi connectivity index (χ4v) is 5.07. The summed E-state index contributed by atoms with van der Waals surface area (Å²) in [5.74, 6) is -0.375. The summed E-state index contributed by atoms with van der Waals surface area (Å²) in [5, 5.41) is 3.46. The first-order valence-corrected chi connectivity index (χ1v) is 10.4. The van der Waals surface area contributed by atoms with Gasteiger partial charge >= 0.3 is 0 Å². The molecule has 138 valence electrons. The van der Waals surface area contributed by atoms with E-state index < -0.39 is 10.0 Å². The van der Waals surface area contributed by atoms with E-state index in [0.717, 1.165) is 18.4 Å². The molecule has 0 bridgehead atoms. The Morgan fingerprint density at radius 2 is 1.81 bits per heavy atom. The third-order valence-electron chi connectivity index (χ3n) is 4.22. The van der Waals surface area contributed by atoms with E-state index in [1.54, 1.807) is 18.2 Å². The molecule has 0 aliphatic carbocycles. The maximum absolute atomic E-state index is 12.7. The van der Waals surface area contributed by atoms with Crippen LogP contribution in [-0.2, 0) is 16.6 Å². The second-order valence-corrected chi connectivity index (χ2v) is 8.82. The molecule has 8 heteroatoms. The van der Waals surface area contributed by atoms with E-state index in [1.807, 2.05) is 6.07 Å². The van der Waals surface area contributed by atoms with Crippen molar-refractivity contribution in [2.45, 2.75) is 24.3 Å². The predicted octanol–water partition coefficient (Wildman–Crippen LogP) is 3.71. The van der Waals surface area contributed by atoms with Crippen LogP contribution in [0.25, 0.3) is 0 Å². The molecule has 2 aromatic rings. The fourth-order valence-electron chi connectivity index (χ4n) is 2.84. The highest BCUT2D eigenvalue weighted by molar-refractivity contribution is 7.89. The van der Waals surface area contributed by atoms with Gasteiger partial charge in [0.25, 0.3) is 5.91 Å². The van der Waals surface area contributed by atoms with Crippen molar-refractivity contribution in [3.63, 3.8) is 0 Å². The van der Waals surface area contributed by atoms with E-state index in [-0.39, 0.29) is 27.9 Å². The summed E-state index contributed by atoms with van der Waals surface area (Å²) >= 11 is 12.0. The molecule has 1 amide bonds. The highest BCUT2D eigenvalue weighted by Gasteiger charge is 2.29. The number of amides is 1. The van der Waals surface area contributed by atoms with Crippen LogP contribution < -0.4 is 5.32 Å². The van der Waals surface area contributed by atoms with Gasteiger partial charge in [-0.3, -0.25) is 4.79 Å². The summed E-state index contributed by atoms with van der Waals surface area (Å²) in [6.45, 7) is 1.24. The Bertz CT molecular complexity index is 926. The molecule has 0 atom stereocenters. The van der Waals surface area contributed by atoms with Crippen LogP contribution in [0.4, 0.5) is 0 Å². The van der Waals surface area contributed by atoms with Gasteiger partial charge in [-0.1, -0.05) is 35.3 Å². The number of carbonyl (C=O) groups is 1. The monoisotopic (exact) mass is 412 g/mol. The number of hydrogen-bond acceptors (Lipinski definition) is 3. The van der Waals surface area contributed by atoms with Gasteiger partial charge in [-0.2, -0.15) is 4.31 Å². The minimum Gasteiger partial charge on any atom is -0.348 e. The van der Waals surface area contributed by atoms with Gasteiger partial charge in [-0.25, -0.2) is 8.42 Å². The third kappa shape index (κ3) is 4.20. The standard InChI is InChI=1S/C18H18Cl2N2O3S/c19-15-5-3-4-13(10-15)12-21-18(23)14-6-7-16(20)17(11-14)26(24,25)22-8-1-2-9-22/h3-7,10-11H,1-2,8-9,12H2,(H,21,23). The lowest BCUT2D eigenvalue weighted by Gasteiger charge is -2.17. The average Bonchev–Trinajstić information content (AvgIpc) is 3.15. The smallest absolute Gasteiger partial charge is 0.251 e. The lowest BCUT2D eigenvalue weighted by molar-refractivity contribution is 0.0950. The van der Waals surface area contributed by atoms with Gasteiger partial charge in [0.1, 0.15) is 4.90 Å². The maximum Gasteiger partial charge on any atom is 0.251 e. The molecule has 0 saturated carbocycles. The molecule has 1 aliphatic heterocycles. The first-order valence-electron chi connectivity index (χ1n) is 8.20. The molecular formula is C18H18Cl2N2O3S. The van der Waals surface area contributed by atoms with Crippen molar-refractivity contribution >= 4 is 39.1 Å². The van der Waals surface area contributed by atoms with Crippen LogP contribution >= 0.6 is 23.2 Å². The lowest BCUT2D eigenvalue weighted by atomic mass is 10.2. The van der Waals surface area contributed by atoms with Crippen LogP contribution in [0.2, 0.25) is 10.0 Å². The molecule has 0 aromatic heterocycles. The summed E-state index contributed by atoms with van der Waals surface area (Å²) in [6, 6.07) is 11.4. The van der Waals surface area contributed by atoms with E-state index in [0.29, 0.717) is 18.1 Å². The Morgan fingerprint density at radius 3 is 2.50 bits per heavy atom. The predicted molar refractivity (Wildman–Crippen MR) is 102 cm³/mol. The molecular weight excluding hydrogens is 395 g/mol. The van der Waals surface area contributed by atoms with Gasteiger partial charge < -0.3 is 5.32 Å². The number of carbonyl (C=O) groups excluding carboxylic acids is 1. The zero-order valence-corrected chi connectivity index (χ0v) is 16.2. The summed E-state index contributed by atoms with van der Waals surface area (Å²) in [7, 11) is -3.69. The van der Waals surface area contributed by atoms with Crippen molar-refractivity contribution in [2.75, 3.05) is 13.1 Å². The quantitative estimate of drug-likeness (QED) is 0.813. The van der Waals surface area contributed by atoms with Gasteiger partial charge in [-0.05, 0) is 48.7 Å². The topological polar surface area (TPSA) is 66.5 Å². The average molecular weight is 413 g/mol. The van der Waals surface area contributed by atoms with Crippen LogP contribution in [0, 0.1) is 0 Å². The normalized spacial score (nSPS) is 15.2. The first-order chi connectivity index (χ1) is 12.4. The third-order valence-corrected chi connectivity index (χ3v) is 6.83. The van der Waals surface area contributed by atoms with Gasteiger partial charge in [0.05, 0.1) is 5.02 Å². The molecule has 0 unspecified atom stereocenters. The minimum atomic E-state index is -3.69. The van der Waals surface area contributed by atoms with Crippen molar-refractivity contribution in [1.82, 2.24) is 9.62 Å². The van der Waals surface area contributed by atoms with Gasteiger partial charge in [0.2, 0.25) is 10.0 Å². The molecule has 1 aliphatic rings. The van der Waals surface area contributed by atoms with Crippen molar-refractivity contribution < 1.29 is 13.2 Å². The van der Waals surface area contributed by atoms with Crippen LogP contribution in [0.3, 0.4) is 0 Å². The van der Waals surface area contributed by atoms with E-state index in [4.69, 9.17) is 23.2 Å².